The van der Waals surface area contributed by atoms with Crippen LogP contribution in [0.2, 0.25) is 0 Å². The Morgan fingerprint density at radius 2 is 1.78 bits per heavy atom. The van der Waals surface area contributed by atoms with E-state index in [1.165, 1.54) is 5.56 Å². The zero-order valence-electron chi connectivity index (χ0n) is 13.3. The van der Waals surface area contributed by atoms with Crippen molar-refractivity contribution in [1.82, 2.24) is 0 Å². The molecular formula is C18H20N2O3. The minimum absolute atomic E-state index is 0.0908. The molecule has 3 rings (SSSR count). The van der Waals surface area contributed by atoms with Gasteiger partial charge in [-0.05, 0) is 43.2 Å². The summed E-state index contributed by atoms with van der Waals surface area (Å²) >= 11 is 0. The molecule has 0 spiro atoms. The van der Waals surface area contributed by atoms with Crippen LogP contribution in [-0.2, 0) is 11.2 Å². The second kappa shape index (κ2) is 6.60. The van der Waals surface area contributed by atoms with E-state index in [1.807, 2.05) is 49.4 Å². The predicted octanol–water partition coefficient (Wildman–Crippen LogP) is 3.42. The summed E-state index contributed by atoms with van der Waals surface area (Å²) in [4.78, 5) is 12.3. The van der Waals surface area contributed by atoms with Crippen molar-refractivity contribution in [3.63, 3.8) is 0 Å². The van der Waals surface area contributed by atoms with Crippen LogP contribution in [0.4, 0.5) is 11.4 Å². The normalized spacial score (nSPS) is 13.5. The highest BCUT2D eigenvalue weighted by Crippen LogP contribution is 2.34. The lowest BCUT2D eigenvalue weighted by Gasteiger charge is -2.15. The SMILES string of the molecule is CCc1ccc(NC(=O)[C@H](C)Nc2ccc3c(c2)OCO3)cc1. The van der Waals surface area contributed by atoms with Gasteiger partial charge in [0.2, 0.25) is 12.7 Å². The Labute approximate surface area is 135 Å². The smallest absolute Gasteiger partial charge is 0.246 e. The molecule has 0 saturated heterocycles. The standard InChI is InChI=1S/C18H20N2O3/c1-3-13-4-6-14(7-5-13)20-18(21)12(2)19-15-8-9-16-17(10-15)23-11-22-16/h4-10,12,19H,3,11H2,1-2H3,(H,20,21)/t12-/m0/s1. The van der Waals surface area contributed by atoms with Gasteiger partial charge in [-0.25, -0.2) is 0 Å². The fourth-order valence-electron chi connectivity index (χ4n) is 2.38. The van der Waals surface area contributed by atoms with E-state index in [-0.39, 0.29) is 18.7 Å². The molecule has 1 amide bonds. The van der Waals surface area contributed by atoms with Crippen LogP contribution in [0.5, 0.6) is 11.5 Å². The maximum atomic E-state index is 12.3. The lowest BCUT2D eigenvalue weighted by Crippen LogP contribution is -2.31. The van der Waals surface area contributed by atoms with Crippen molar-refractivity contribution in [1.29, 1.82) is 0 Å². The molecule has 1 heterocycles. The van der Waals surface area contributed by atoms with Crippen molar-refractivity contribution in [2.24, 2.45) is 0 Å². The van der Waals surface area contributed by atoms with E-state index in [0.717, 1.165) is 23.5 Å². The number of nitrogens with one attached hydrogen (secondary N) is 2. The maximum Gasteiger partial charge on any atom is 0.246 e. The van der Waals surface area contributed by atoms with Crippen LogP contribution in [0, 0.1) is 0 Å². The molecule has 0 saturated carbocycles. The molecule has 120 valence electrons. The summed E-state index contributed by atoms with van der Waals surface area (Å²) in [6.07, 6.45) is 0.982. The van der Waals surface area contributed by atoms with E-state index in [2.05, 4.69) is 17.6 Å². The molecule has 1 atom stereocenters. The number of ether oxygens (including phenoxy) is 2. The number of hydrogen-bond acceptors (Lipinski definition) is 4. The number of fused-ring (bicyclic) bond motifs is 1. The van der Waals surface area contributed by atoms with E-state index < -0.39 is 0 Å². The third-order valence-corrected chi connectivity index (χ3v) is 3.78. The van der Waals surface area contributed by atoms with Gasteiger partial charge in [0.1, 0.15) is 6.04 Å². The van der Waals surface area contributed by atoms with E-state index in [4.69, 9.17) is 9.47 Å². The molecule has 1 aliphatic rings. The van der Waals surface area contributed by atoms with Crippen LogP contribution in [-0.4, -0.2) is 18.7 Å². The fraction of sp³-hybridized carbons (Fsp3) is 0.278. The van der Waals surface area contributed by atoms with Gasteiger partial charge in [0.05, 0.1) is 0 Å². The zero-order chi connectivity index (χ0) is 16.2. The second-order valence-electron chi connectivity index (χ2n) is 5.47. The Hall–Kier alpha value is -2.69. The first-order chi connectivity index (χ1) is 11.2. The minimum atomic E-state index is -0.374. The Kier molecular flexibility index (Phi) is 4.37. The number of aryl methyl sites for hydroxylation is 1. The number of anilines is 2. The predicted molar refractivity (Wildman–Crippen MR) is 90.1 cm³/mol. The molecule has 5 heteroatoms. The first-order valence-electron chi connectivity index (χ1n) is 7.71. The highest BCUT2D eigenvalue weighted by atomic mass is 16.7. The van der Waals surface area contributed by atoms with Gasteiger partial charge < -0.3 is 20.1 Å². The summed E-state index contributed by atoms with van der Waals surface area (Å²) in [5, 5.41) is 6.07. The molecule has 5 nitrogen and oxygen atoms in total. The topological polar surface area (TPSA) is 59.6 Å². The molecule has 23 heavy (non-hydrogen) atoms. The third-order valence-electron chi connectivity index (χ3n) is 3.78. The van der Waals surface area contributed by atoms with E-state index in [1.54, 1.807) is 0 Å². The van der Waals surface area contributed by atoms with Crippen molar-refractivity contribution in [3.05, 3.63) is 48.0 Å². The summed E-state index contributed by atoms with van der Waals surface area (Å²) in [7, 11) is 0. The number of hydrogen-bond donors (Lipinski definition) is 2. The van der Waals surface area contributed by atoms with Gasteiger partial charge in [-0.3, -0.25) is 4.79 Å². The van der Waals surface area contributed by atoms with Crippen LogP contribution in [0.3, 0.4) is 0 Å². The van der Waals surface area contributed by atoms with Crippen molar-refractivity contribution in [3.8, 4) is 11.5 Å². The van der Waals surface area contributed by atoms with Crippen LogP contribution in [0.15, 0.2) is 42.5 Å². The highest BCUT2D eigenvalue weighted by molar-refractivity contribution is 5.96. The first-order valence-corrected chi connectivity index (χ1v) is 7.71. The van der Waals surface area contributed by atoms with Gasteiger partial charge in [-0.1, -0.05) is 19.1 Å². The molecule has 0 bridgehead atoms. The molecule has 0 radical (unpaired) electrons. The largest absolute Gasteiger partial charge is 0.454 e. The summed E-state index contributed by atoms with van der Waals surface area (Å²) in [6.45, 7) is 4.16. The molecule has 0 aliphatic carbocycles. The lowest BCUT2D eigenvalue weighted by atomic mass is 10.1. The van der Waals surface area contributed by atoms with Crippen LogP contribution < -0.4 is 20.1 Å². The monoisotopic (exact) mass is 312 g/mol. The Morgan fingerprint density at radius 3 is 2.52 bits per heavy atom. The second-order valence-corrected chi connectivity index (χ2v) is 5.47. The first kappa shape index (κ1) is 15.2. The summed E-state index contributed by atoms with van der Waals surface area (Å²) in [5.41, 5.74) is 2.86. The van der Waals surface area contributed by atoms with Crippen molar-refractivity contribution in [2.75, 3.05) is 17.4 Å². The number of rotatable bonds is 5. The molecular weight excluding hydrogens is 292 g/mol. The Morgan fingerprint density at radius 1 is 1.09 bits per heavy atom. The maximum absolute atomic E-state index is 12.3. The van der Waals surface area contributed by atoms with Gasteiger partial charge in [-0.15, -0.1) is 0 Å². The Balaban J connectivity index is 1.60. The molecule has 1 aliphatic heterocycles. The number of benzene rings is 2. The summed E-state index contributed by atoms with van der Waals surface area (Å²) < 4.78 is 10.6. The minimum Gasteiger partial charge on any atom is -0.454 e. The van der Waals surface area contributed by atoms with Gasteiger partial charge in [0.25, 0.3) is 0 Å². The highest BCUT2D eigenvalue weighted by Gasteiger charge is 2.16. The van der Waals surface area contributed by atoms with Gasteiger partial charge in [0.15, 0.2) is 11.5 Å². The molecule has 2 N–H and O–H groups in total. The van der Waals surface area contributed by atoms with E-state index >= 15 is 0 Å². The summed E-state index contributed by atoms with van der Waals surface area (Å²) in [5.74, 6) is 1.33. The van der Waals surface area contributed by atoms with Crippen molar-refractivity contribution >= 4 is 17.3 Å². The van der Waals surface area contributed by atoms with Crippen LogP contribution >= 0.6 is 0 Å². The number of carbonyl (C=O) groups excluding carboxylic acids is 1. The van der Waals surface area contributed by atoms with Gasteiger partial charge in [-0.2, -0.15) is 0 Å². The molecule has 2 aromatic rings. The molecule has 2 aromatic carbocycles. The molecule has 0 fully saturated rings. The fourth-order valence-corrected chi connectivity index (χ4v) is 2.38. The number of carbonyl (C=O) groups is 1. The zero-order valence-corrected chi connectivity index (χ0v) is 13.3. The third kappa shape index (κ3) is 3.56. The van der Waals surface area contributed by atoms with Crippen LogP contribution in [0.25, 0.3) is 0 Å². The van der Waals surface area contributed by atoms with Gasteiger partial charge >= 0.3 is 0 Å². The van der Waals surface area contributed by atoms with E-state index in [9.17, 15) is 4.79 Å². The van der Waals surface area contributed by atoms with Crippen molar-refractivity contribution in [2.45, 2.75) is 26.3 Å². The van der Waals surface area contributed by atoms with Gasteiger partial charge in [0, 0.05) is 17.4 Å². The van der Waals surface area contributed by atoms with E-state index in [0.29, 0.717) is 5.75 Å². The average molecular weight is 312 g/mol. The van der Waals surface area contributed by atoms with Crippen molar-refractivity contribution < 1.29 is 14.3 Å². The average Bonchev–Trinajstić information content (AvgIpc) is 3.03. The lowest BCUT2D eigenvalue weighted by molar-refractivity contribution is -0.116. The Bertz CT molecular complexity index is 698. The molecule has 0 unspecified atom stereocenters. The quantitative estimate of drug-likeness (QED) is 0.888. The molecule has 0 aromatic heterocycles. The van der Waals surface area contributed by atoms with Crippen LogP contribution in [0.1, 0.15) is 19.4 Å². The number of amides is 1. The summed E-state index contributed by atoms with van der Waals surface area (Å²) in [6, 6.07) is 13.0.